The summed E-state index contributed by atoms with van der Waals surface area (Å²) in [6, 6.07) is 0. The van der Waals surface area contributed by atoms with E-state index in [-0.39, 0.29) is 17.6 Å². The van der Waals surface area contributed by atoms with E-state index in [9.17, 15) is 9.59 Å². The van der Waals surface area contributed by atoms with Gasteiger partial charge in [0.15, 0.2) is 10.9 Å². The predicted molar refractivity (Wildman–Crippen MR) is 69.7 cm³/mol. The number of amides is 1. The van der Waals surface area contributed by atoms with Crippen molar-refractivity contribution < 1.29 is 9.59 Å². The van der Waals surface area contributed by atoms with E-state index in [1.165, 1.54) is 43.9 Å². The van der Waals surface area contributed by atoms with Gasteiger partial charge in [0.1, 0.15) is 5.69 Å². The normalized spacial score (nSPS) is 29.5. The van der Waals surface area contributed by atoms with Gasteiger partial charge in [-0.15, -0.1) is 11.3 Å². The zero-order valence-corrected chi connectivity index (χ0v) is 11.1. The first kappa shape index (κ1) is 11.8. The first-order valence-electron chi connectivity index (χ1n) is 6.44. The molecule has 1 aromatic heterocycles. The van der Waals surface area contributed by atoms with E-state index < -0.39 is 0 Å². The standard InChI is InChI=1S/C13H16N2O2S/c1-7(16)10-6-18-13(14-10)15-12(17)11-8-4-2-3-5-9(8)11/h6,8-9,11H,2-5H2,1H3,(H,14,15,17). The minimum Gasteiger partial charge on any atom is -0.302 e. The molecule has 18 heavy (non-hydrogen) atoms. The molecule has 1 amide bonds. The molecule has 4 nitrogen and oxygen atoms in total. The van der Waals surface area contributed by atoms with Gasteiger partial charge in [0, 0.05) is 18.2 Å². The molecule has 1 heterocycles. The van der Waals surface area contributed by atoms with Crippen molar-refractivity contribution in [2.24, 2.45) is 17.8 Å². The maximum Gasteiger partial charge on any atom is 0.229 e. The van der Waals surface area contributed by atoms with Crippen molar-refractivity contribution in [1.29, 1.82) is 0 Å². The van der Waals surface area contributed by atoms with Crippen LogP contribution in [0.5, 0.6) is 0 Å². The van der Waals surface area contributed by atoms with Gasteiger partial charge >= 0.3 is 0 Å². The van der Waals surface area contributed by atoms with Crippen LogP contribution in [0.4, 0.5) is 5.13 Å². The molecule has 2 atom stereocenters. The number of thiazole rings is 1. The van der Waals surface area contributed by atoms with E-state index in [1.54, 1.807) is 5.38 Å². The SMILES string of the molecule is CC(=O)c1csc(NC(=O)C2C3CCCCC32)n1. The number of rotatable bonds is 3. The Hall–Kier alpha value is -1.23. The number of carbonyl (C=O) groups excluding carboxylic acids is 2. The van der Waals surface area contributed by atoms with E-state index in [1.807, 2.05) is 0 Å². The number of anilines is 1. The lowest BCUT2D eigenvalue weighted by Gasteiger charge is -2.04. The molecule has 0 aliphatic heterocycles. The molecular formula is C13H16N2O2S. The third kappa shape index (κ3) is 2.07. The van der Waals surface area contributed by atoms with Crippen molar-refractivity contribution in [3.8, 4) is 0 Å². The zero-order valence-electron chi connectivity index (χ0n) is 10.3. The average Bonchev–Trinajstić information content (AvgIpc) is 2.90. The molecule has 96 valence electrons. The number of ketones is 1. The number of carbonyl (C=O) groups is 2. The Morgan fingerprint density at radius 1 is 1.33 bits per heavy atom. The Morgan fingerprint density at radius 3 is 2.56 bits per heavy atom. The summed E-state index contributed by atoms with van der Waals surface area (Å²) in [5.74, 6) is 1.43. The van der Waals surface area contributed by atoms with Gasteiger partial charge < -0.3 is 5.32 Å². The van der Waals surface area contributed by atoms with Gasteiger partial charge in [-0.3, -0.25) is 9.59 Å². The van der Waals surface area contributed by atoms with E-state index in [0.29, 0.717) is 22.7 Å². The molecule has 0 bridgehead atoms. The molecule has 0 aromatic carbocycles. The maximum absolute atomic E-state index is 12.1. The van der Waals surface area contributed by atoms with E-state index in [0.717, 1.165) is 0 Å². The van der Waals surface area contributed by atoms with Crippen molar-refractivity contribution in [1.82, 2.24) is 4.98 Å². The summed E-state index contributed by atoms with van der Waals surface area (Å²) in [5.41, 5.74) is 0.434. The first-order chi connectivity index (χ1) is 8.66. The highest BCUT2D eigenvalue weighted by Crippen LogP contribution is 2.55. The minimum absolute atomic E-state index is 0.0631. The fourth-order valence-electron chi connectivity index (χ4n) is 3.06. The van der Waals surface area contributed by atoms with Crippen molar-refractivity contribution in [2.75, 3.05) is 5.32 Å². The molecular weight excluding hydrogens is 248 g/mol. The molecule has 2 unspecified atom stereocenters. The number of nitrogens with zero attached hydrogens (tertiary/aromatic N) is 1. The van der Waals surface area contributed by atoms with Crippen LogP contribution < -0.4 is 5.32 Å². The molecule has 2 aliphatic rings. The van der Waals surface area contributed by atoms with Crippen LogP contribution in [0.25, 0.3) is 0 Å². The van der Waals surface area contributed by atoms with Crippen LogP contribution in [0.15, 0.2) is 5.38 Å². The summed E-state index contributed by atoms with van der Waals surface area (Å²) in [7, 11) is 0. The average molecular weight is 264 g/mol. The predicted octanol–water partition coefficient (Wildman–Crippen LogP) is 2.72. The second-order valence-electron chi connectivity index (χ2n) is 5.22. The van der Waals surface area contributed by atoms with Crippen LogP contribution in [0.3, 0.4) is 0 Å². The number of Topliss-reactive ketones (excluding diaryl/α,β-unsaturated/α-hetero) is 1. The second-order valence-corrected chi connectivity index (χ2v) is 6.08. The third-order valence-electron chi connectivity index (χ3n) is 4.05. The molecule has 2 aliphatic carbocycles. The quantitative estimate of drug-likeness (QED) is 0.854. The summed E-state index contributed by atoms with van der Waals surface area (Å²) < 4.78 is 0. The number of aromatic nitrogens is 1. The fraction of sp³-hybridized carbons (Fsp3) is 0.615. The van der Waals surface area contributed by atoms with Crippen LogP contribution in [-0.4, -0.2) is 16.7 Å². The maximum atomic E-state index is 12.1. The highest BCUT2D eigenvalue weighted by atomic mass is 32.1. The Morgan fingerprint density at radius 2 is 2.00 bits per heavy atom. The van der Waals surface area contributed by atoms with Crippen LogP contribution in [-0.2, 0) is 4.79 Å². The Balaban J connectivity index is 1.62. The van der Waals surface area contributed by atoms with Crippen LogP contribution in [0.2, 0.25) is 0 Å². The summed E-state index contributed by atoms with van der Waals surface area (Å²) >= 11 is 1.32. The summed E-state index contributed by atoms with van der Waals surface area (Å²) in [4.78, 5) is 27.3. The highest BCUT2D eigenvalue weighted by molar-refractivity contribution is 7.14. The van der Waals surface area contributed by atoms with Crippen molar-refractivity contribution >= 4 is 28.2 Å². The lowest BCUT2D eigenvalue weighted by Crippen LogP contribution is -2.15. The lowest BCUT2D eigenvalue weighted by molar-refractivity contribution is -0.117. The summed E-state index contributed by atoms with van der Waals surface area (Å²) in [6.45, 7) is 1.48. The Labute approximate surface area is 110 Å². The summed E-state index contributed by atoms with van der Waals surface area (Å²) in [6.07, 6.45) is 4.91. The second kappa shape index (κ2) is 4.46. The van der Waals surface area contributed by atoms with Crippen molar-refractivity contribution in [2.45, 2.75) is 32.6 Å². The van der Waals surface area contributed by atoms with Gasteiger partial charge in [-0.1, -0.05) is 12.8 Å². The van der Waals surface area contributed by atoms with Crippen molar-refractivity contribution in [3.05, 3.63) is 11.1 Å². The summed E-state index contributed by atoms with van der Waals surface area (Å²) in [5, 5.41) is 5.09. The van der Waals surface area contributed by atoms with Crippen LogP contribution in [0.1, 0.15) is 43.1 Å². The third-order valence-corrected chi connectivity index (χ3v) is 4.81. The molecule has 2 saturated carbocycles. The molecule has 3 rings (SSSR count). The molecule has 0 radical (unpaired) electrons. The smallest absolute Gasteiger partial charge is 0.229 e. The first-order valence-corrected chi connectivity index (χ1v) is 7.32. The lowest BCUT2D eigenvalue weighted by atomic mass is 10.0. The fourth-order valence-corrected chi connectivity index (χ4v) is 3.82. The van der Waals surface area contributed by atoms with Gasteiger partial charge in [0.2, 0.25) is 5.91 Å². The molecule has 1 aromatic rings. The molecule has 5 heteroatoms. The topological polar surface area (TPSA) is 59.1 Å². The molecule has 1 N–H and O–H groups in total. The van der Waals surface area contributed by atoms with Crippen LogP contribution in [0, 0.1) is 17.8 Å². The van der Waals surface area contributed by atoms with Gasteiger partial charge in [-0.2, -0.15) is 0 Å². The number of hydrogen-bond donors (Lipinski definition) is 1. The number of nitrogens with one attached hydrogen (secondary N) is 1. The molecule has 0 spiro atoms. The zero-order chi connectivity index (χ0) is 12.7. The van der Waals surface area contributed by atoms with Gasteiger partial charge in [-0.05, 0) is 24.7 Å². The van der Waals surface area contributed by atoms with E-state index in [4.69, 9.17) is 0 Å². The number of fused-ring (bicyclic) bond motifs is 1. The Bertz CT molecular complexity index is 485. The van der Waals surface area contributed by atoms with Crippen LogP contribution >= 0.6 is 11.3 Å². The largest absolute Gasteiger partial charge is 0.302 e. The minimum atomic E-state index is -0.0631. The molecule has 2 fully saturated rings. The Kier molecular flexibility index (Phi) is 2.93. The van der Waals surface area contributed by atoms with Crippen molar-refractivity contribution in [3.63, 3.8) is 0 Å². The molecule has 0 saturated heterocycles. The van der Waals surface area contributed by atoms with Gasteiger partial charge in [-0.25, -0.2) is 4.98 Å². The van der Waals surface area contributed by atoms with E-state index >= 15 is 0 Å². The monoisotopic (exact) mass is 264 g/mol. The van der Waals surface area contributed by atoms with E-state index in [2.05, 4.69) is 10.3 Å². The number of hydrogen-bond acceptors (Lipinski definition) is 4. The van der Waals surface area contributed by atoms with Gasteiger partial charge in [0.05, 0.1) is 0 Å². The highest BCUT2D eigenvalue weighted by Gasteiger charge is 2.54. The van der Waals surface area contributed by atoms with Gasteiger partial charge in [0.25, 0.3) is 0 Å².